The van der Waals surface area contributed by atoms with Crippen LogP contribution in [0.2, 0.25) is 5.15 Å². The monoisotopic (exact) mass is 312 g/mol. The summed E-state index contributed by atoms with van der Waals surface area (Å²) in [7, 11) is -3.73. The van der Waals surface area contributed by atoms with Crippen LogP contribution in [0.4, 0.5) is 5.69 Å². The second-order valence-corrected chi connectivity index (χ2v) is 6.30. The van der Waals surface area contributed by atoms with Gasteiger partial charge in [0.1, 0.15) is 10.0 Å². The van der Waals surface area contributed by atoms with Gasteiger partial charge >= 0.3 is 0 Å². The van der Waals surface area contributed by atoms with E-state index in [9.17, 15) is 8.42 Å². The van der Waals surface area contributed by atoms with Gasteiger partial charge in [0.05, 0.1) is 12.3 Å². The molecule has 0 saturated heterocycles. The first-order valence-corrected chi connectivity index (χ1v) is 7.63. The van der Waals surface area contributed by atoms with Crippen LogP contribution in [0.5, 0.6) is 0 Å². The predicted molar refractivity (Wildman–Crippen MR) is 77.2 cm³/mol. The highest BCUT2D eigenvalue weighted by Crippen LogP contribution is 2.21. The summed E-state index contributed by atoms with van der Waals surface area (Å²) in [5.74, 6) is 0. The summed E-state index contributed by atoms with van der Waals surface area (Å²) in [5.41, 5.74) is 1.81. The lowest BCUT2D eigenvalue weighted by molar-refractivity contribution is 0.282. The molecule has 0 spiro atoms. The first kappa shape index (κ1) is 14.8. The maximum absolute atomic E-state index is 12.2. The molecule has 0 aliphatic rings. The third kappa shape index (κ3) is 3.27. The van der Waals surface area contributed by atoms with E-state index in [0.29, 0.717) is 11.3 Å². The van der Waals surface area contributed by atoms with Crippen LogP contribution in [0, 0.1) is 6.92 Å². The van der Waals surface area contributed by atoms with Gasteiger partial charge in [-0.3, -0.25) is 4.72 Å². The van der Waals surface area contributed by atoms with Gasteiger partial charge in [-0.2, -0.15) is 0 Å². The van der Waals surface area contributed by atoms with Crippen molar-refractivity contribution in [1.29, 1.82) is 0 Å². The molecular weight excluding hydrogens is 300 g/mol. The second kappa shape index (κ2) is 5.78. The molecule has 1 aromatic heterocycles. The molecule has 2 aromatic rings. The number of sulfonamides is 1. The zero-order chi connectivity index (χ0) is 14.8. The van der Waals surface area contributed by atoms with Crippen molar-refractivity contribution in [3.05, 3.63) is 52.8 Å². The van der Waals surface area contributed by atoms with Crippen LogP contribution in [0.25, 0.3) is 0 Å². The highest BCUT2D eigenvalue weighted by molar-refractivity contribution is 7.92. The Labute approximate surface area is 122 Å². The van der Waals surface area contributed by atoms with Crippen LogP contribution >= 0.6 is 11.6 Å². The van der Waals surface area contributed by atoms with Crippen molar-refractivity contribution in [2.24, 2.45) is 0 Å². The lowest BCUT2D eigenvalue weighted by Crippen LogP contribution is -2.14. The molecule has 0 amide bonds. The van der Waals surface area contributed by atoms with E-state index in [-0.39, 0.29) is 16.7 Å². The number of hydrogen-bond acceptors (Lipinski definition) is 4. The maximum atomic E-state index is 12.2. The van der Waals surface area contributed by atoms with Crippen LogP contribution < -0.4 is 4.72 Å². The quantitative estimate of drug-likeness (QED) is 0.849. The number of aromatic nitrogens is 1. The molecular formula is C13H13ClN2O3S. The van der Waals surface area contributed by atoms with E-state index < -0.39 is 10.0 Å². The van der Waals surface area contributed by atoms with Gasteiger partial charge in [0.2, 0.25) is 0 Å². The Morgan fingerprint density at radius 1 is 1.30 bits per heavy atom. The normalized spacial score (nSPS) is 11.3. The first-order chi connectivity index (χ1) is 9.42. The molecule has 0 aliphatic carbocycles. The van der Waals surface area contributed by atoms with Crippen molar-refractivity contribution >= 4 is 27.3 Å². The van der Waals surface area contributed by atoms with Crippen LogP contribution in [0.3, 0.4) is 0 Å². The average molecular weight is 313 g/mol. The molecule has 0 aliphatic heterocycles. The van der Waals surface area contributed by atoms with E-state index in [1.807, 2.05) is 0 Å². The van der Waals surface area contributed by atoms with Gasteiger partial charge in [-0.05, 0) is 36.2 Å². The zero-order valence-electron chi connectivity index (χ0n) is 10.7. The maximum Gasteiger partial charge on any atom is 0.263 e. The first-order valence-electron chi connectivity index (χ1n) is 5.77. The molecule has 0 unspecified atom stereocenters. The number of rotatable bonds is 4. The van der Waals surface area contributed by atoms with Crippen molar-refractivity contribution < 1.29 is 13.5 Å². The number of nitrogens with one attached hydrogen (secondary N) is 1. The van der Waals surface area contributed by atoms with E-state index in [1.54, 1.807) is 25.1 Å². The van der Waals surface area contributed by atoms with Crippen molar-refractivity contribution in [2.75, 3.05) is 4.72 Å². The zero-order valence-corrected chi connectivity index (χ0v) is 12.2. The highest BCUT2D eigenvalue weighted by atomic mass is 35.5. The molecule has 106 valence electrons. The lowest BCUT2D eigenvalue weighted by atomic mass is 10.1. The minimum Gasteiger partial charge on any atom is -0.392 e. The van der Waals surface area contributed by atoms with Gasteiger partial charge in [-0.15, -0.1) is 0 Å². The number of anilines is 1. The van der Waals surface area contributed by atoms with Crippen LogP contribution in [-0.2, 0) is 16.6 Å². The molecule has 5 nitrogen and oxygen atoms in total. The fraction of sp³-hybridized carbons (Fsp3) is 0.154. The molecule has 0 atom stereocenters. The number of aryl methyl sites for hydroxylation is 1. The summed E-state index contributed by atoms with van der Waals surface area (Å²) >= 11 is 5.63. The second-order valence-electron chi connectivity index (χ2n) is 4.23. The molecule has 0 bridgehead atoms. The third-order valence-electron chi connectivity index (χ3n) is 2.74. The van der Waals surface area contributed by atoms with Crippen molar-refractivity contribution in [3.8, 4) is 0 Å². The Morgan fingerprint density at radius 2 is 2.05 bits per heavy atom. The molecule has 0 saturated carbocycles. The Morgan fingerprint density at radius 3 is 2.65 bits per heavy atom. The van der Waals surface area contributed by atoms with Crippen molar-refractivity contribution in [2.45, 2.75) is 18.4 Å². The number of aliphatic hydroxyl groups excluding tert-OH is 1. The molecule has 1 heterocycles. The van der Waals surface area contributed by atoms with Crippen LogP contribution in [0.1, 0.15) is 11.1 Å². The Bertz CT molecular complexity index is 715. The van der Waals surface area contributed by atoms with Gasteiger partial charge in [-0.25, -0.2) is 13.4 Å². The van der Waals surface area contributed by atoms with Crippen molar-refractivity contribution in [3.63, 3.8) is 0 Å². The number of benzene rings is 1. The van der Waals surface area contributed by atoms with Crippen LogP contribution in [0.15, 0.2) is 41.4 Å². The van der Waals surface area contributed by atoms with E-state index in [4.69, 9.17) is 16.7 Å². The summed E-state index contributed by atoms with van der Waals surface area (Å²) in [6, 6.07) is 7.85. The van der Waals surface area contributed by atoms with Gasteiger partial charge in [0, 0.05) is 6.20 Å². The van der Waals surface area contributed by atoms with Gasteiger partial charge in [0.15, 0.2) is 0 Å². The predicted octanol–water partition coefficient (Wildman–Crippen LogP) is 2.34. The van der Waals surface area contributed by atoms with E-state index in [1.165, 1.54) is 18.3 Å². The highest BCUT2D eigenvalue weighted by Gasteiger charge is 2.16. The molecule has 1 aromatic carbocycles. The summed E-state index contributed by atoms with van der Waals surface area (Å²) in [5, 5.41) is 9.32. The number of hydrogen-bond donors (Lipinski definition) is 2. The Hall–Kier alpha value is -1.63. The van der Waals surface area contributed by atoms with E-state index in [2.05, 4.69) is 9.71 Å². The molecule has 20 heavy (non-hydrogen) atoms. The summed E-state index contributed by atoms with van der Waals surface area (Å²) in [6.45, 7) is 1.62. The van der Waals surface area contributed by atoms with Crippen LogP contribution in [-0.4, -0.2) is 18.5 Å². The molecule has 2 N–H and O–H groups in total. The summed E-state index contributed by atoms with van der Waals surface area (Å²) < 4.78 is 26.9. The molecule has 0 radical (unpaired) electrons. The molecule has 0 fully saturated rings. The number of halogens is 1. The summed E-state index contributed by atoms with van der Waals surface area (Å²) in [4.78, 5) is 3.77. The molecule has 7 heteroatoms. The SMILES string of the molecule is Cc1ccc(CO)cc1NS(=O)(=O)c1ccc(Cl)nc1. The number of nitrogens with zero attached hydrogens (tertiary/aromatic N) is 1. The fourth-order valence-electron chi connectivity index (χ4n) is 1.60. The van der Waals surface area contributed by atoms with Crippen molar-refractivity contribution in [1.82, 2.24) is 4.98 Å². The van der Waals surface area contributed by atoms with Gasteiger partial charge in [-0.1, -0.05) is 23.7 Å². The average Bonchev–Trinajstić information content (AvgIpc) is 2.41. The standard InChI is InChI=1S/C13H13ClN2O3S/c1-9-2-3-10(8-17)6-12(9)16-20(18,19)11-4-5-13(14)15-7-11/h2-7,16-17H,8H2,1H3. The van der Waals surface area contributed by atoms with E-state index in [0.717, 1.165) is 5.56 Å². The minimum atomic E-state index is -3.73. The van der Waals surface area contributed by atoms with Gasteiger partial charge < -0.3 is 5.11 Å². The topological polar surface area (TPSA) is 79.3 Å². The Kier molecular flexibility index (Phi) is 4.27. The third-order valence-corrected chi connectivity index (χ3v) is 4.31. The minimum absolute atomic E-state index is 0.0238. The summed E-state index contributed by atoms with van der Waals surface area (Å²) in [6.07, 6.45) is 1.19. The van der Waals surface area contributed by atoms with E-state index >= 15 is 0 Å². The lowest BCUT2D eigenvalue weighted by Gasteiger charge is -2.11. The van der Waals surface area contributed by atoms with Gasteiger partial charge in [0.25, 0.3) is 10.0 Å². The fourth-order valence-corrected chi connectivity index (χ4v) is 2.78. The molecule has 2 rings (SSSR count). The Balaban J connectivity index is 2.35. The number of aliphatic hydroxyl groups is 1. The smallest absolute Gasteiger partial charge is 0.263 e. The number of pyridine rings is 1. The largest absolute Gasteiger partial charge is 0.392 e.